The fourth-order valence-electron chi connectivity index (χ4n) is 6.65. The van der Waals surface area contributed by atoms with E-state index < -0.39 is 23.3 Å². The zero-order chi connectivity index (χ0) is 27.9. The number of nitrogens with zero attached hydrogens (tertiary/aromatic N) is 5. The van der Waals surface area contributed by atoms with Crippen molar-refractivity contribution in [3.05, 3.63) is 83.4 Å². The number of imidazole rings is 1. The maximum Gasteiger partial charge on any atom is 0.418 e. The summed E-state index contributed by atoms with van der Waals surface area (Å²) in [5.74, 6) is 0.325. The molecule has 0 radical (unpaired) electrons. The van der Waals surface area contributed by atoms with Gasteiger partial charge < -0.3 is 19.1 Å². The summed E-state index contributed by atoms with van der Waals surface area (Å²) in [5, 5.41) is 0. The van der Waals surface area contributed by atoms with E-state index in [0.717, 1.165) is 25.1 Å². The van der Waals surface area contributed by atoms with Crippen molar-refractivity contribution in [3.63, 3.8) is 0 Å². The van der Waals surface area contributed by atoms with Crippen LogP contribution >= 0.6 is 0 Å². The third-order valence-corrected chi connectivity index (χ3v) is 9.59. The third kappa shape index (κ3) is 4.10. The highest BCUT2D eigenvalue weighted by atomic mass is 19.4. The van der Waals surface area contributed by atoms with Crippen LogP contribution in [-0.4, -0.2) is 64.5 Å². The van der Waals surface area contributed by atoms with E-state index in [1.54, 1.807) is 40.0 Å². The van der Waals surface area contributed by atoms with E-state index in [9.17, 15) is 13.2 Å². The van der Waals surface area contributed by atoms with Crippen LogP contribution in [0.2, 0.25) is 0 Å². The fourth-order valence-corrected chi connectivity index (χ4v) is 6.65. The van der Waals surface area contributed by atoms with E-state index >= 15 is 4.39 Å². The van der Waals surface area contributed by atoms with E-state index in [2.05, 4.69) is 9.88 Å². The Labute approximate surface area is 231 Å². The molecule has 6 nitrogen and oxygen atoms in total. The Bertz CT molecular complexity index is 1420. The number of ether oxygens (including phenoxy) is 1. The summed E-state index contributed by atoms with van der Waals surface area (Å²) >= 11 is 0. The highest BCUT2D eigenvalue weighted by Gasteiger charge is 2.51. The Kier molecular flexibility index (Phi) is 5.78. The zero-order valence-corrected chi connectivity index (χ0v) is 22.7. The van der Waals surface area contributed by atoms with Crippen molar-refractivity contribution in [2.45, 2.75) is 50.0 Å². The predicted molar refractivity (Wildman–Crippen MR) is 143 cm³/mol. The first-order valence-electron chi connectivity index (χ1n) is 13.9. The maximum absolute atomic E-state index is 15.9. The van der Waals surface area contributed by atoms with Gasteiger partial charge in [-0.15, -0.1) is 0 Å². The summed E-state index contributed by atoms with van der Waals surface area (Å²) < 4.78 is 66.0. The monoisotopic (exact) mass is 555 g/mol. The number of hydrogen-bond donors (Lipinski definition) is 0. The molecule has 1 saturated carbocycles. The lowest BCUT2D eigenvalue weighted by Crippen LogP contribution is -2.50. The molecule has 212 valence electrons. The van der Waals surface area contributed by atoms with Gasteiger partial charge in [0, 0.05) is 50.1 Å². The van der Waals surface area contributed by atoms with Gasteiger partial charge in [-0.1, -0.05) is 12.1 Å². The largest absolute Gasteiger partial charge is 0.418 e. The molecule has 1 aromatic carbocycles. The number of alkyl halides is 4. The highest BCUT2D eigenvalue weighted by molar-refractivity contribution is 5.59. The summed E-state index contributed by atoms with van der Waals surface area (Å²) in [6.07, 6.45) is 5.74. The predicted octanol–water partition coefficient (Wildman–Crippen LogP) is 5.58. The van der Waals surface area contributed by atoms with Gasteiger partial charge in [-0.3, -0.25) is 4.90 Å². The Balaban J connectivity index is 1.18. The SMILES string of the molecule is C[C@H](C1=CN2CN(c3cccc(C4([C@H](F)c5nccn5C)COC4)c3)C=C2C(C(F)(F)F)=C1)N1CCC2(CC2)C1. The van der Waals surface area contributed by atoms with E-state index in [0.29, 0.717) is 22.5 Å². The summed E-state index contributed by atoms with van der Waals surface area (Å²) in [7, 11) is 1.76. The molecule has 1 spiro atoms. The van der Waals surface area contributed by atoms with Gasteiger partial charge in [-0.05, 0) is 67.5 Å². The molecule has 0 bridgehead atoms. The number of aromatic nitrogens is 2. The standard InChI is InChI=1S/C30H33F4N5O/c1-20(37-10-8-28(16-37)6-7-28)21-12-24(30(32,33)34)25-15-38(19-39(25)14-21)23-5-3-4-22(13-23)29(17-40-18-29)26(31)27-35-9-11-36(27)2/h3-5,9,11-15,20,26H,6-8,10,16-19H2,1-2H3/t20-,26-/m1/s1. The summed E-state index contributed by atoms with van der Waals surface area (Å²) in [6, 6.07) is 7.32. The Morgan fingerprint density at radius 3 is 2.50 bits per heavy atom. The van der Waals surface area contributed by atoms with Gasteiger partial charge in [0.15, 0.2) is 6.17 Å². The van der Waals surface area contributed by atoms with Crippen LogP contribution < -0.4 is 4.90 Å². The molecule has 1 aliphatic carbocycles. The van der Waals surface area contributed by atoms with Crippen molar-refractivity contribution in [3.8, 4) is 0 Å². The minimum atomic E-state index is -4.49. The molecule has 3 fully saturated rings. The first kappa shape index (κ1) is 25.8. The second-order valence-electron chi connectivity index (χ2n) is 12.1. The zero-order valence-electron chi connectivity index (χ0n) is 22.7. The normalized spacial score (nSPS) is 24.8. The number of fused-ring (bicyclic) bond motifs is 1. The van der Waals surface area contributed by atoms with Gasteiger partial charge in [0.25, 0.3) is 0 Å². The van der Waals surface area contributed by atoms with Gasteiger partial charge in [-0.25, -0.2) is 9.37 Å². The molecule has 10 heteroatoms. The third-order valence-electron chi connectivity index (χ3n) is 9.59. The van der Waals surface area contributed by atoms with Crippen LogP contribution in [0.3, 0.4) is 0 Å². The molecule has 0 amide bonds. The first-order chi connectivity index (χ1) is 19.1. The number of aryl methyl sites for hydroxylation is 1. The molecule has 5 heterocycles. The van der Waals surface area contributed by atoms with Crippen LogP contribution in [0.5, 0.6) is 0 Å². The van der Waals surface area contributed by atoms with Crippen LogP contribution in [0.4, 0.5) is 23.2 Å². The van der Waals surface area contributed by atoms with E-state index in [1.807, 2.05) is 37.4 Å². The number of rotatable bonds is 6. The van der Waals surface area contributed by atoms with Crippen molar-refractivity contribution in [1.82, 2.24) is 19.4 Å². The molecule has 0 N–H and O–H groups in total. The van der Waals surface area contributed by atoms with Crippen LogP contribution in [-0.2, 0) is 17.2 Å². The lowest BCUT2D eigenvalue weighted by molar-refractivity contribution is -0.102. The highest BCUT2D eigenvalue weighted by Crippen LogP contribution is 2.53. The number of benzene rings is 1. The minimum absolute atomic E-state index is 0.0951. The molecular weight excluding hydrogens is 522 g/mol. The number of anilines is 1. The van der Waals surface area contributed by atoms with Crippen LogP contribution in [0, 0.1) is 5.41 Å². The molecule has 4 aliphatic heterocycles. The maximum atomic E-state index is 15.9. The Morgan fingerprint density at radius 2 is 1.88 bits per heavy atom. The topological polar surface area (TPSA) is 36.8 Å². The molecule has 2 aromatic rings. The quantitative estimate of drug-likeness (QED) is 0.435. The van der Waals surface area contributed by atoms with Crippen molar-refractivity contribution < 1.29 is 22.3 Å². The van der Waals surface area contributed by atoms with E-state index in [4.69, 9.17) is 4.74 Å². The second kappa shape index (κ2) is 8.94. The Hall–Kier alpha value is -3.11. The molecular formula is C30H33F4N5O. The smallest absolute Gasteiger partial charge is 0.379 e. The first-order valence-corrected chi connectivity index (χ1v) is 13.9. The molecule has 7 rings (SSSR count). The van der Waals surface area contributed by atoms with Crippen LogP contribution in [0.1, 0.15) is 43.7 Å². The van der Waals surface area contributed by atoms with Crippen LogP contribution in [0.15, 0.2) is 72.0 Å². The van der Waals surface area contributed by atoms with Gasteiger partial charge in [0.1, 0.15) is 5.82 Å². The van der Waals surface area contributed by atoms with Gasteiger partial charge in [0.05, 0.1) is 36.6 Å². The summed E-state index contributed by atoms with van der Waals surface area (Å²) in [4.78, 5) is 10.0. The Morgan fingerprint density at radius 1 is 1.07 bits per heavy atom. The van der Waals surface area contributed by atoms with E-state index in [-0.39, 0.29) is 31.6 Å². The molecule has 40 heavy (non-hydrogen) atoms. The van der Waals surface area contributed by atoms with Gasteiger partial charge in [-0.2, -0.15) is 13.2 Å². The average molecular weight is 556 g/mol. The van der Waals surface area contributed by atoms with Crippen molar-refractivity contribution in [1.29, 1.82) is 0 Å². The lowest BCUT2D eigenvalue weighted by Gasteiger charge is -2.44. The van der Waals surface area contributed by atoms with Gasteiger partial charge >= 0.3 is 6.18 Å². The van der Waals surface area contributed by atoms with E-state index in [1.165, 1.54) is 18.9 Å². The second-order valence-corrected chi connectivity index (χ2v) is 12.1. The van der Waals surface area contributed by atoms with Crippen molar-refractivity contribution in [2.75, 3.05) is 37.9 Å². The molecule has 2 saturated heterocycles. The van der Waals surface area contributed by atoms with Crippen LogP contribution in [0.25, 0.3) is 0 Å². The molecule has 0 unspecified atom stereocenters. The lowest BCUT2D eigenvalue weighted by atomic mass is 9.74. The summed E-state index contributed by atoms with van der Waals surface area (Å²) in [6.45, 7) is 4.56. The molecule has 5 aliphatic rings. The summed E-state index contributed by atoms with van der Waals surface area (Å²) in [5.41, 5.74) is 1.14. The average Bonchev–Trinajstić information content (AvgIpc) is 3.22. The molecule has 2 atom stereocenters. The minimum Gasteiger partial charge on any atom is -0.379 e. The number of allylic oxidation sites excluding steroid dienone is 1. The molecule has 1 aromatic heterocycles. The van der Waals surface area contributed by atoms with Crippen molar-refractivity contribution >= 4 is 5.69 Å². The number of hydrogen-bond acceptors (Lipinski definition) is 5. The number of likely N-dealkylation sites (tertiary alicyclic amines) is 1. The van der Waals surface area contributed by atoms with Gasteiger partial charge in [0.2, 0.25) is 0 Å². The fraction of sp³-hybridized carbons (Fsp3) is 0.500. The number of halogens is 4. The van der Waals surface area contributed by atoms with Crippen molar-refractivity contribution in [2.24, 2.45) is 12.5 Å².